The van der Waals surface area contributed by atoms with Gasteiger partial charge in [-0.3, -0.25) is 4.79 Å². The average molecular weight is 426 g/mol. The average Bonchev–Trinajstić information content (AvgIpc) is 3.26. The van der Waals surface area contributed by atoms with Crippen LogP contribution in [-0.4, -0.2) is 46.2 Å². The molecule has 152 valence electrons. The third-order valence-corrected chi connectivity index (χ3v) is 5.03. The zero-order valence-corrected chi connectivity index (χ0v) is 16.8. The summed E-state index contributed by atoms with van der Waals surface area (Å²) in [6.07, 6.45) is 0. The van der Waals surface area contributed by atoms with E-state index in [9.17, 15) is 9.59 Å². The number of nitrogens with one attached hydrogen (secondary N) is 1. The monoisotopic (exact) mass is 425 g/mol. The minimum absolute atomic E-state index is 0.0578. The highest BCUT2D eigenvalue weighted by Gasteiger charge is 2.39. The first kappa shape index (κ1) is 19.6. The van der Waals surface area contributed by atoms with Crippen molar-refractivity contribution in [2.45, 2.75) is 6.04 Å². The molecule has 10 heteroatoms. The molecule has 1 N–H and O–H groups in total. The number of allylic oxidation sites excluding steroid dienone is 1. The van der Waals surface area contributed by atoms with Gasteiger partial charge < -0.3 is 14.8 Å². The molecular weight excluding hydrogens is 410 g/mol. The first-order valence-corrected chi connectivity index (χ1v) is 9.23. The van der Waals surface area contributed by atoms with Crippen LogP contribution in [-0.2, 0) is 9.53 Å². The van der Waals surface area contributed by atoms with Crippen LogP contribution < -0.4 is 10.1 Å². The van der Waals surface area contributed by atoms with Crippen LogP contribution in [0.5, 0.6) is 5.75 Å². The smallest absolute Gasteiger partial charge is 0.355 e. The van der Waals surface area contributed by atoms with Crippen LogP contribution in [0.1, 0.15) is 22.0 Å². The Morgan fingerprint density at radius 2 is 1.93 bits per heavy atom. The number of fused-ring (bicyclic) bond motifs is 1. The Bertz CT molecular complexity index is 1170. The zero-order chi connectivity index (χ0) is 21.3. The Morgan fingerprint density at radius 3 is 2.67 bits per heavy atom. The molecule has 2 heterocycles. The largest absolute Gasteiger partial charge is 0.497 e. The topological polar surface area (TPSA) is 108 Å². The normalized spacial score (nSPS) is 15.2. The fourth-order valence-electron chi connectivity index (χ4n) is 3.29. The quantitative estimate of drug-likeness (QED) is 0.491. The first-order chi connectivity index (χ1) is 14.5. The number of hydrogen-bond acceptors (Lipinski definition) is 8. The van der Waals surface area contributed by atoms with Gasteiger partial charge in [-0.2, -0.15) is 4.68 Å². The summed E-state index contributed by atoms with van der Waals surface area (Å²) in [6.45, 7) is 0. The molecule has 2 aromatic carbocycles. The minimum Gasteiger partial charge on any atom is -0.497 e. The van der Waals surface area contributed by atoms with Crippen molar-refractivity contribution in [1.29, 1.82) is 0 Å². The van der Waals surface area contributed by atoms with E-state index in [1.54, 1.807) is 48.5 Å². The molecule has 0 amide bonds. The highest BCUT2D eigenvalue weighted by Crippen LogP contribution is 2.39. The lowest BCUT2D eigenvalue weighted by atomic mass is 9.89. The lowest BCUT2D eigenvalue weighted by molar-refractivity contribution is -0.136. The van der Waals surface area contributed by atoms with Crippen LogP contribution in [0.2, 0.25) is 5.02 Å². The number of hydrogen-bond donors (Lipinski definition) is 1. The van der Waals surface area contributed by atoms with E-state index in [0.717, 1.165) is 0 Å². The summed E-state index contributed by atoms with van der Waals surface area (Å²) in [5.41, 5.74) is 0.920. The van der Waals surface area contributed by atoms with Gasteiger partial charge in [-0.25, -0.2) is 4.79 Å². The maximum atomic E-state index is 13.6. The van der Waals surface area contributed by atoms with Crippen molar-refractivity contribution in [1.82, 2.24) is 20.2 Å². The van der Waals surface area contributed by atoms with Crippen LogP contribution in [0.3, 0.4) is 0 Å². The first-order valence-electron chi connectivity index (χ1n) is 8.85. The van der Waals surface area contributed by atoms with E-state index >= 15 is 0 Å². The fourth-order valence-corrected chi connectivity index (χ4v) is 3.53. The standard InChI is InChI=1S/C20H16ClN5O4/c1-29-12-7-5-6-11(10-12)18(27)15-16(19(28)30-2)22-20-23-24-25-26(20)17(15)13-8-3-4-9-14(13)21/h3-10,17H,1-2H3,(H,22,23,25)/t17-/m1/s1. The summed E-state index contributed by atoms with van der Waals surface area (Å²) >= 11 is 6.44. The minimum atomic E-state index is -0.849. The Labute approximate surface area is 176 Å². The number of carbonyl (C=O) groups is 2. The van der Waals surface area contributed by atoms with Crippen molar-refractivity contribution < 1.29 is 19.1 Å². The number of ketones is 1. The molecule has 0 fully saturated rings. The third-order valence-electron chi connectivity index (χ3n) is 4.68. The number of esters is 1. The Kier molecular flexibility index (Phi) is 5.20. The predicted molar refractivity (Wildman–Crippen MR) is 107 cm³/mol. The van der Waals surface area contributed by atoms with Crippen molar-refractivity contribution in [2.24, 2.45) is 0 Å². The number of carbonyl (C=O) groups excluding carboxylic acids is 2. The zero-order valence-electron chi connectivity index (χ0n) is 16.0. The molecule has 9 nitrogen and oxygen atoms in total. The van der Waals surface area contributed by atoms with Crippen LogP contribution in [0.25, 0.3) is 0 Å². The van der Waals surface area contributed by atoms with Gasteiger partial charge >= 0.3 is 5.97 Å². The van der Waals surface area contributed by atoms with E-state index in [1.807, 2.05) is 0 Å². The number of ether oxygens (including phenoxy) is 2. The van der Waals surface area contributed by atoms with Crippen LogP contribution in [0.4, 0.5) is 5.95 Å². The summed E-state index contributed by atoms with van der Waals surface area (Å²) in [4.78, 5) is 26.2. The summed E-state index contributed by atoms with van der Waals surface area (Å²) in [5.74, 6) is -0.467. The summed E-state index contributed by atoms with van der Waals surface area (Å²) in [5, 5.41) is 14.8. The second kappa shape index (κ2) is 7.96. The number of anilines is 1. The molecule has 3 aromatic rings. The van der Waals surface area contributed by atoms with Crippen LogP contribution in [0, 0.1) is 0 Å². The van der Waals surface area contributed by atoms with E-state index in [4.69, 9.17) is 21.1 Å². The molecule has 0 radical (unpaired) electrons. The van der Waals surface area contributed by atoms with Gasteiger partial charge in [0.25, 0.3) is 0 Å². The molecular formula is C20H16ClN5O4. The molecule has 0 spiro atoms. The Morgan fingerprint density at radius 1 is 1.13 bits per heavy atom. The second-order valence-corrected chi connectivity index (χ2v) is 6.74. The molecule has 0 unspecified atom stereocenters. The predicted octanol–water partition coefficient (Wildman–Crippen LogP) is 2.66. The summed E-state index contributed by atoms with van der Waals surface area (Å²) in [7, 11) is 2.73. The van der Waals surface area contributed by atoms with E-state index in [0.29, 0.717) is 21.9 Å². The van der Waals surface area contributed by atoms with Gasteiger partial charge in [-0.05, 0) is 28.6 Å². The summed E-state index contributed by atoms with van der Waals surface area (Å²) < 4.78 is 11.5. The van der Waals surface area contributed by atoms with Crippen molar-refractivity contribution in [2.75, 3.05) is 19.5 Å². The molecule has 0 bridgehead atoms. The van der Waals surface area contributed by atoms with Crippen molar-refractivity contribution in [3.05, 3.63) is 76.0 Å². The van der Waals surface area contributed by atoms with E-state index in [-0.39, 0.29) is 17.2 Å². The number of methoxy groups -OCH3 is 2. The molecule has 4 rings (SSSR count). The molecule has 1 aromatic heterocycles. The fraction of sp³-hybridized carbons (Fsp3) is 0.150. The van der Waals surface area contributed by atoms with Gasteiger partial charge in [0.2, 0.25) is 5.95 Å². The number of aromatic nitrogens is 4. The van der Waals surface area contributed by atoms with Gasteiger partial charge in [0.15, 0.2) is 5.78 Å². The number of halogens is 1. The van der Waals surface area contributed by atoms with E-state index in [1.165, 1.54) is 18.9 Å². The molecule has 0 saturated heterocycles. The van der Waals surface area contributed by atoms with Gasteiger partial charge in [-0.1, -0.05) is 47.0 Å². The molecule has 1 aliphatic rings. The maximum absolute atomic E-state index is 13.6. The van der Waals surface area contributed by atoms with Crippen molar-refractivity contribution in [3.63, 3.8) is 0 Å². The molecule has 1 atom stereocenters. The van der Waals surface area contributed by atoms with Crippen molar-refractivity contribution in [3.8, 4) is 5.75 Å². The molecule has 0 aliphatic carbocycles. The number of benzene rings is 2. The number of tetrazole rings is 1. The SMILES string of the molecule is COC(=O)C1=C(C(=O)c2cccc(OC)c2)[C@@H](c2ccccc2Cl)n2nnnc2N1. The van der Waals surface area contributed by atoms with Gasteiger partial charge in [0.05, 0.1) is 19.8 Å². The second-order valence-electron chi connectivity index (χ2n) is 6.34. The maximum Gasteiger partial charge on any atom is 0.355 e. The Hall–Kier alpha value is -3.72. The van der Waals surface area contributed by atoms with Gasteiger partial charge in [0.1, 0.15) is 17.5 Å². The van der Waals surface area contributed by atoms with E-state index in [2.05, 4.69) is 20.8 Å². The highest BCUT2D eigenvalue weighted by molar-refractivity contribution is 6.31. The Balaban J connectivity index is 1.97. The molecule has 1 aliphatic heterocycles. The number of Topliss-reactive ketones (excluding diaryl/α,β-unsaturated/α-hetero) is 1. The third kappa shape index (κ3) is 3.29. The number of rotatable bonds is 5. The van der Waals surface area contributed by atoms with Crippen molar-refractivity contribution >= 4 is 29.3 Å². The molecule has 30 heavy (non-hydrogen) atoms. The molecule has 0 saturated carbocycles. The van der Waals surface area contributed by atoms with E-state index < -0.39 is 17.8 Å². The van der Waals surface area contributed by atoms with Gasteiger partial charge in [-0.15, -0.1) is 0 Å². The lowest BCUT2D eigenvalue weighted by Gasteiger charge is -2.28. The lowest BCUT2D eigenvalue weighted by Crippen LogP contribution is -2.33. The highest BCUT2D eigenvalue weighted by atomic mass is 35.5. The van der Waals surface area contributed by atoms with Gasteiger partial charge in [0, 0.05) is 16.1 Å². The van der Waals surface area contributed by atoms with Crippen LogP contribution >= 0.6 is 11.6 Å². The van der Waals surface area contributed by atoms with Crippen LogP contribution in [0.15, 0.2) is 59.8 Å². The number of nitrogens with zero attached hydrogens (tertiary/aromatic N) is 4. The summed E-state index contributed by atoms with van der Waals surface area (Å²) in [6, 6.07) is 12.8.